The quantitative estimate of drug-likeness (QED) is 0.352. The van der Waals surface area contributed by atoms with Crippen LogP contribution in [0.5, 0.6) is 0 Å². The van der Waals surface area contributed by atoms with E-state index in [4.69, 9.17) is 4.74 Å². The average Bonchev–Trinajstić information content (AvgIpc) is 3.07. The lowest BCUT2D eigenvalue weighted by Gasteiger charge is -2.59. The minimum atomic E-state index is -0.144. The smallest absolute Gasteiger partial charge is 0.302 e. The van der Waals surface area contributed by atoms with E-state index in [0.29, 0.717) is 11.3 Å². The molecule has 156 valence electrons. The first-order valence-electron chi connectivity index (χ1n) is 11.7. The van der Waals surface area contributed by atoms with Crippen LogP contribution in [0.2, 0.25) is 0 Å². The van der Waals surface area contributed by atoms with Gasteiger partial charge in [-0.2, -0.15) is 0 Å². The Labute approximate surface area is 170 Å². The van der Waals surface area contributed by atoms with Crippen molar-refractivity contribution >= 4 is 12.3 Å². The van der Waals surface area contributed by atoms with Crippen LogP contribution in [0.3, 0.4) is 0 Å². The van der Waals surface area contributed by atoms with Crippen LogP contribution in [-0.4, -0.2) is 18.4 Å². The van der Waals surface area contributed by atoms with Crippen molar-refractivity contribution in [3.05, 3.63) is 11.6 Å². The molecule has 28 heavy (non-hydrogen) atoms. The Morgan fingerprint density at radius 2 is 2.04 bits per heavy atom. The third-order valence-corrected chi connectivity index (χ3v) is 9.68. The van der Waals surface area contributed by atoms with Crippen molar-refractivity contribution in [2.24, 2.45) is 40.4 Å². The molecule has 4 aliphatic carbocycles. The van der Waals surface area contributed by atoms with Crippen molar-refractivity contribution < 1.29 is 14.3 Å². The summed E-state index contributed by atoms with van der Waals surface area (Å²) in [5.41, 5.74) is 2.23. The second-order valence-corrected chi connectivity index (χ2v) is 10.5. The first kappa shape index (κ1) is 20.2. The third kappa shape index (κ3) is 2.91. The Bertz CT molecular complexity index is 667. The van der Waals surface area contributed by atoms with Crippen molar-refractivity contribution in [2.75, 3.05) is 0 Å². The second-order valence-electron chi connectivity index (χ2n) is 10.5. The van der Waals surface area contributed by atoms with Gasteiger partial charge in [-0.25, -0.2) is 0 Å². The minimum Gasteiger partial charge on any atom is -0.462 e. The maximum atomic E-state index is 11.6. The monoisotopic (exact) mass is 386 g/mol. The molecule has 0 spiro atoms. The molecule has 3 fully saturated rings. The second kappa shape index (κ2) is 7.29. The molecule has 0 N–H and O–H groups in total. The highest BCUT2D eigenvalue weighted by atomic mass is 16.5. The zero-order chi connectivity index (χ0) is 20.1. The molecule has 0 saturated heterocycles. The van der Waals surface area contributed by atoms with Gasteiger partial charge < -0.3 is 9.53 Å². The van der Waals surface area contributed by atoms with Crippen LogP contribution in [0.4, 0.5) is 0 Å². The van der Waals surface area contributed by atoms with Gasteiger partial charge in [-0.1, -0.05) is 32.4 Å². The van der Waals surface area contributed by atoms with Crippen LogP contribution < -0.4 is 0 Å². The van der Waals surface area contributed by atoms with Crippen LogP contribution in [0, 0.1) is 40.4 Å². The highest BCUT2D eigenvalue weighted by molar-refractivity contribution is 5.66. The van der Waals surface area contributed by atoms with E-state index in [2.05, 4.69) is 26.8 Å². The van der Waals surface area contributed by atoms with E-state index in [1.165, 1.54) is 51.7 Å². The van der Waals surface area contributed by atoms with Crippen LogP contribution >= 0.6 is 0 Å². The Morgan fingerprint density at radius 3 is 2.71 bits per heavy atom. The van der Waals surface area contributed by atoms with Crippen LogP contribution in [0.15, 0.2) is 11.6 Å². The number of carbonyl (C=O) groups excluding carboxylic acids is 2. The largest absolute Gasteiger partial charge is 0.462 e. The van der Waals surface area contributed by atoms with E-state index in [9.17, 15) is 9.59 Å². The lowest BCUT2D eigenvalue weighted by molar-refractivity contribution is -0.148. The molecule has 0 amide bonds. The molecule has 0 heterocycles. The number of ether oxygens (including phenoxy) is 1. The van der Waals surface area contributed by atoms with Gasteiger partial charge in [0.05, 0.1) is 0 Å². The normalized spacial score (nSPS) is 45.9. The number of fused-ring (bicyclic) bond motifs is 5. The molecule has 0 bridgehead atoms. The van der Waals surface area contributed by atoms with Gasteiger partial charge in [-0.3, -0.25) is 4.79 Å². The number of rotatable bonds is 4. The summed E-state index contributed by atoms with van der Waals surface area (Å²) in [6.45, 7) is 8.56. The molecule has 3 heteroatoms. The van der Waals surface area contributed by atoms with Crippen LogP contribution in [-0.2, 0) is 14.3 Å². The number of hydrogen-bond acceptors (Lipinski definition) is 3. The average molecular weight is 387 g/mol. The van der Waals surface area contributed by atoms with Crippen molar-refractivity contribution in [1.82, 2.24) is 0 Å². The van der Waals surface area contributed by atoms with E-state index in [1.807, 2.05) is 0 Å². The molecule has 3 saturated carbocycles. The zero-order valence-corrected chi connectivity index (χ0v) is 18.2. The third-order valence-electron chi connectivity index (χ3n) is 9.68. The SMILES string of the molecule is CC[C@]12CCC3C(CC=C4C[C@@H](OC(C)=O)CC[C@@]43C)C1CC[C@@H]2[C@H](C)C=O. The first-order valence-corrected chi connectivity index (χ1v) is 11.7. The van der Waals surface area contributed by atoms with Gasteiger partial charge in [-0.15, -0.1) is 0 Å². The summed E-state index contributed by atoms with van der Waals surface area (Å²) in [6.07, 6.45) is 14.5. The van der Waals surface area contributed by atoms with Gasteiger partial charge in [0.15, 0.2) is 0 Å². The van der Waals surface area contributed by atoms with Crippen molar-refractivity contribution in [3.8, 4) is 0 Å². The predicted molar refractivity (Wildman–Crippen MR) is 111 cm³/mol. The molecule has 4 rings (SSSR count). The number of carbonyl (C=O) groups is 2. The topological polar surface area (TPSA) is 43.4 Å². The molecule has 0 aromatic rings. The van der Waals surface area contributed by atoms with Crippen LogP contribution in [0.25, 0.3) is 0 Å². The molecule has 0 aromatic heterocycles. The van der Waals surface area contributed by atoms with Gasteiger partial charge >= 0.3 is 5.97 Å². The van der Waals surface area contributed by atoms with Gasteiger partial charge in [0.25, 0.3) is 0 Å². The maximum Gasteiger partial charge on any atom is 0.302 e. The summed E-state index contributed by atoms with van der Waals surface area (Å²) in [5.74, 6) is 2.96. The standard InChI is InChI=1S/C25H38O3/c1-5-25-13-11-22-20(23(25)9-8-21(25)16(2)15-26)7-6-18-14-19(28-17(3)27)10-12-24(18,22)4/h6,15-16,19-23H,5,7-14H2,1-4H3/t16-,19+,20?,21-,22?,23?,24+,25-/m1/s1. The Hall–Kier alpha value is -1.12. The van der Waals surface area contributed by atoms with Gasteiger partial charge in [0, 0.05) is 19.3 Å². The number of allylic oxidation sites excluding steroid dienone is 1. The fourth-order valence-corrected chi connectivity index (χ4v) is 8.40. The van der Waals surface area contributed by atoms with Gasteiger partial charge in [0.1, 0.15) is 12.4 Å². The number of aldehydes is 1. The molecule has 0 radical (unpaired) electrons. The summed E-state index contributed by atoms with van der Waals surface area (Å²) >= 11 is 0. The van der Waals surface area contributed by atoms with Gasteiger partial charge in [-0.05, 0) is 85.9 Å². The fraction of sp³-hybridized carbons (Fsp3) is 0.840. The summed E-state index contributed by atoms with van der Waals surface area (Å²) in [7, 11) is 0. The lowest BCUT2D eigenvalue weighted by atomic mass is 9.46. The molecule has 0 aliphatic heterocycles. The Kier molecular flexibility index (Phi) is 5.25. The number of hydrogen-bond donors (Lipinski definition) is 0. The van der Waals surface area contributed by atoms with Crippen molar-refractivity contribution in [3.63, 3.8) is 0 Å². The molecular formula is C25H38O3. The molecule has 4 aliphatic rings. The van der Waals surface area contributed by atoms with Crippen molar-refractivity contribution in [1.29, 1.82) is 0 Å². The molecule has 3 nitrogen and oxygen atoms in total. The number of esters is 1. The van der Waals surface area contributed by atoms with Crippen LogP contribution in [0.1, 0.15) is 85.5 Å². The summed E-state index contributed by atoms with van der Waals surface area (Å²) < 4.78 is 5.56. The van der Waals surface area contributed by atoms with E-state index in [0.717, 1.165) is 37.0 Å². The van der Waals surface area contributed by atoms with E-state index >= 15 is 0 Å². The lowest BCUT2D eigenvalue weighted by Crippen LogP contribution is -2.51. The summed E-state index contributed by atoms with van der Waals surface area (Å²) in [4.78, 5) is 23.0. The summed E-state index contributed by atoms with van der Waals surface area (Å²) in [5, 5.41) is 0. The molecule has 0 aromatic carbocycles. The minimum absolute atomic E-state index is 0.0796. The van der Waals surface area contributed by atoms with E-state index in [1.54, 1.807) is 5.57 Å². The summed E-state index contributed by atoms with van der Waals surface area (Å²) in [6, 6.07) is 0. The van der Waals surface area contributed by atoms with Gasteiger partial charge in [0.2, 0.25) is 0 Å². The highest BCUT2D eigenvalue weighted by Gasteiger charge is 2.60. The first-order chi connectivity index (χ1) is 13.4. The molecular weight excluding hydrogens is 348 g/mol. The predicted octanol–water partition coefficient (Wildman–Crippen LogP) is 5.72. The maximum absolute atomic E-state index is 11.6. The van der Waals surface area contributed by atoms with E-state index < -0.39 is 0 Å². The molecule has 8 atom stereocenters. The fourth-order valence-electron chi connectivity index (χ4n) is 8.40. The Balaban J connectivity index is 1.60. The van der Waals surface area contributed by atoms with Crippen molar-refractivity contribution in [2.45, 2.75) is 91.6 Å². The highest BCUT2D eigenvalue weighted by Crippen LogP contribution is 2.68. The molecule has 3 unspecified atom stereocenters. The Morgan fingerprint density at radius 1 is 1.25 bits per heavy atom. The van der Waals surface area contributed by atoms with E-state index in [-0.39, 0.29) is 23.4 Å². The zero-order valence-electron chi connectivity index (χ0n) is 18.2.